The van der Waals surface area contributed by atoms with Gasteiger partial charge in [0.15, 0.2) is 5.65 Å². The summed E-state index contributed by atoms with van der Waals surface area (Å²) in [6.07, 6.45) is 0.254. The number of rotatable bonds is 3. The molecule has 0 radical (unpaired) electrons. The molecular weight excluding hydrogens is 412 g/mol. The first-order chi connectivity index (χ1) is 15.0. The van der Waals surface area contributed by atoms with Crippen molar-refractivity contribution in [3.8, 4) is 11.4 Å². The van der Waals surface area contributed by atoms with Crippen LogP contribution in [0.25, 0.3) is 17.0 Å². The van der Waals surface area contributed by atoms with Crippen molar-refractivity contribution in [2.45, 2.75) is 12.0 Å². The lowest BCUT2D eigenvalue weighted by molar-refractivity contribution is -0.148. The maximum absolute atomic E-state index is 13.1. The van der Waals surface area contributed by atoms with Gasteiger partial charge in [0, 0.05) is 12.6 Å². The van der Waals surface area contributed by atoms with Gasteiger partial charge in [0.25, 0.3) is 6.43 Å². The third-order valence-electron chi connectivity index (χ3n) is 5.31. The van der Waals surface area contributed by atoms with Crippen LogP contribution >= 0.6 is 0 Å². The molecule has 0 bridgehead atoms. The molecule has 0 aromatic carbocycles. The van der Waals surface area contributed by atoms with E-state index in [1.807, 2.05) is 4.90 Å². The minimum Gasteiger partial charge on any atom is -0.376 e. The van der Waals surface area contributed by atoms with Gasteiger partial charge in [-0.2, -0.15) is 5.10 Å². The number of imidazole rings is 1. The van der Waals surface area contributed by atoms with Crippen molar-refractivity contribution in [3.05, 3.63) is 36.4 Å². The number of fused-ring (bicyclic) bond motifs is 1. The van der Waals surface area contributed by atoms with E-state index in [0.29, 0.717) is 55.7 Å². The Morgan fingerprint density at radius 1 is 1.23 bits per heavy atom. The van der Waals surface area contributed by atoms with Crippen molar-refractivity contribution in [1.82, 2.24) is 29.9 Å². The summed E-state index contributed by atoms with van der Waals surface area (Å²) in [7, 11) is 0. The number of halogens is 2. The van der Waals surface area contributed by atoms with Crippen LogP contribution < -0.4 is 10.2 Å². The van der Waals surface area contributed by atoms with Crippen molar-refractivity contribution in [1.29, 1.82) is 0 Å². The molecule has 10 nitrogen and oxygen atoms in total. The van der Waals surface area contributed by atoms with Gasteiger partial charge in [-0.15, -0.1) is 0 Å². The van der Waals surface area contributed by atoms with Crippen LogP contribution in [0.3, 0.4) is 0 Å². The Morgan fingerprint density at radius 3 is 2.94 bits per heavy atom. The Bertz CT molecular complexity index is 1110. The van der Waals surface area contributed by atoms with Crippen LogP contribution in [0.1, 0.15) is 12.1 Å². The average Bonchev–Trinajstić information content (AvgIpc) is 3.10. The lowest BCUT2D eigenvalue weighted by atomic mass is 10.0. The number of nitrogens with zero attached hydrogens (tertiary/aromatic N) is 6. The van der Waals surface area contributed by atoms with Crippen LogP contribution in [-0.2, 0) is 14.3 Å². The van der Waals surface area contributed by atoms with Crippen LogP contribution in [0.2, 0.25) is 0 Å². The summed E-state index contributed by atoms with van der Waals surface area (Å²) < 4.78 is 39.1. The highest BCUT2D eigenvalue weighted by Crippen LogP contribution is 2.26. The number of nitrogens with one attached hydrogen (secondary N) is 1. The highest BCUT2D eigenvalue weighted by Gasteiger charge is 2.40. The molecule has 5 heterocycles. The highest BCUT2D eigenvalue weighted by atomic mass is 19.3. The van der Waals surface area contributed by atoms with Crippen molar-refractivity contribution < 1.29 is 23.0 Å². The third-order valence-corrected chi connectivity index (χ3v) is 5.31. The van der Waals surface area contributed by atoms with E-state index >= 15 is 0 Å². The molecule has 1 spiro atoms. The molecule has 1 atom stereocenters. The maximum Gasteiger partial charge on any atom is 0.282 e. The fourth-order valence-corrected chi connectivity index (χ4v) is 3.71. The number of carbonyl (C=O) groups is 1. The molecule has 31 heavy (non-hydrogen) atoms. The molecule has 0 saturated carbocycles. The van der Waals surface area contributed by atoms with Gasteiger partial charge in [0.2, 0.25) is 5.91 Å². The molecule has 2 aliphatic heterocycles. The molecule has 3 aromatic heterocycles. The van der Waals surface area contributed by atoms with Gasteiger partial charge in [-0.3, -0.25) is 4.79 Å². The molecule has 2 aliphatic rings. The fourth-order valence-electron chi connectivity index (χ4n) is 3.71. The van der Waals surface area contributed by atoms with Gasteiger partial charge in [-0.05, 0) is 12.1 Å². The number of amides is 1. The van der Waals surface area contributed by atoms with Gasteiger partial charge in [-0.1, -0.05) is 0 Å². The molecule has 5 rings (SSSR count). The summed E-state index contributed by atoms with van der Waals surface area (Å²) in [5, 5.41) is 6.82. The molecule has 162 valence electrons. The smallest absolute Gasteiger partial charge is 0.282 e. The van der Waals surface area contributed by atoms with Gasteiger partial charge in [0.1, 0.15) is 35.7 Å². The van der Waals surface area contributed by atoms with Crippen LogP contribution in [0.15, 0.2) is 30.7 Å². The Labute approximate surface area is 175 Å². The SMILES string of the molecule is O=C1COC2(CN1)COCCN(c1cc(-c3cnc4ccc(C(F)F)nn34)ncn1)C2. The summed E-state index contributed by atoms with van der Waals surface area (Å²) in [5.74, 6) is 0.462. The first-order valence-electron chi connectivity index (χ1n) is 9.72. The highest BCUT2D eigenvalue weighted by molar-refractivity contribution is 5.78. The third kappa shape index (κ3) is 3.79. The van der Waals surface area contributed by atoms with Crippen molar-refractivity contribution in [3.63, 3.8) is 0 Å². The molecular formula is C19H19F2N7O3. The average molecular weight is 431 g/mol. The van der Waals surface area contributed by atoms with Crippen LogP contribution in [0, 0.1) is 0 Å². The van der Waals surface area contributed by atoms with Gasteiger partial charge in [-0.25, -0.2) is 28.2 Å². The predicted octanol–water partition coefficient (Wildman–Crippen LogP) is 0.846. The standard InChI is InChI=1S/C19H19F2N7O3/c20-18(21)12-1-2-15-22-6-14(28(15)26-12)13-5-16(25-11-24-13)27-3-4-30-10-19(9-27)8-23-17(29)7-31-19/h1-2,5-6,11,18H,3-4,7-10H2,(H,23,29). The van der Waals surface area contributed by atoms with E-state index in [1.54, 1.807) is 6.07 Å². The molecule has 12 heteroatoms. The predicted molar refractivity (Wildman–Crippen MR) is 104 cm³/mol. The lowest BCUT2D eigenvalue weighted by Gasteiger charge is -2.38. The largest absolute Gasteiger partial charge is 0.376 e. The normalized spacial score (nSPS) is 22.2. The molecule has 3 aromatic rings. The summed E-state index contributed by atoms with van der Waals surface area (Å²) in [6.45, 7) is 2.17. The molecule has 1 N–H and O–H groups in total. The van der Waals surface area contributed by atoms with E-state index in [2.05, 4.69) is 25.4 Å². The summed E-state index contributed by atoms with van der Waals surface area (Å²) in [5.41, 5.74) is 0.390. The van der Waals surface area contributed by atoms with E-state index in [4.69, 9.17) is 9.47 Å². The monoisotopic (exact) mass is 431 g/mol. The number of anilines is 1. The van der Waals surface area contributed by atoms with Crippen molar-refractivity contribution >= 4 is 17.4 Å². The number of hydrogen-bond acceptors (Lipinski definition) is 8. The molecule has 0 aliphatic carbocycles. The van der Waals surface area contributed by atoms with E-state index in [1.165, 1.54) is 29.2 Å². The first-order valence-corrected chi connectivity index (χ1v) is 9.72. The Balaban J connectivity index is 1.47. The second-order valence-electron chi connectivity index (χ2n) is 7.46. The molecule has 2 fully saturated rings. The van der Waals surface area contributed by atoms with E-state index in [9.17, 15) is 13.6 Å². The quantitative estimate of drug-likeness (QED) is 0.651. The van der Waals surface area contributed by atoms with E-state index in [-0.39, 0.29) is 18.2 Å². The minimum atomic E-state index is -2.69. The Hall–Kier alpha value is -3.25. The van der Waals surface area contributed by atoms with E-state index < -0.39 is 12.0 Å². The van der Waals surface area contributed by atoms with Crippen LogP contribution in [-0.4, -0.2) is 75.5 Å². The number of alkyl halides is 2. The van der Waals surface area contributed by atoms with Gasteiger partial charge < -0.3 is 19.7 Å². The summed E-state index contributed by atoms with van der Waals surface area (Å²) >= 11 is 0. The fraction of sp³-hybridized carbons (Fsp3) is 0.421. The topological polar surface area (TPSA) is 107 Å². The number of ether oxygens (including phenoxy) is 2. The zero-order valence-corrected chi connectivity index (χ0v) is 16.4. The van der Waals surface area contributed by atoms with Crippen molar-refractivity contribution in [2.75, 3.05) is 44.4 Å². The second-order valence-corrected chi connectivity index (χ2v) is 7.46. The number of morpholine rings is 1. The van der Waals surface area contributed by atoms with Crippen molar-refractivity contribution in [2.24, 2.45) is 0 Å². The van der Waals surface area contributed by atoms with Gasteiger partial charge in [0.05, 0.1) is 38.2 Å². The first kappa shape index (κ1) is 19.7. The number of carbonyl (C=O) groups excluding carboxylic acids is 1. The molecule has 1 amide bonds. The minimum absolute atomic E-state index is 0.0216. The number of hydrogen-bond donors (Lipinski definition) is 1. The Kier molecular flexibility index (Phi) is 4.94. The molecule has 2 saturated heterocycles. The summed E-state index contributed by atoms with van der Waals surface area (Å²) in [4.78, 5) is 26.4. The van der Waals surface area contributed by atoms with Crippen LogP contribution in [0.4, 0.5) is 14.6 Å². The maximum atomic E-state index is 13.1. The number of aromatic nitrogens is 5. The van der Waals surface area contributed by atoms with E-state index in [0.717, 1.165) is 0 Å². The second kappa shape index (κ2) is 7.78. The molecule has 1 unspecified atom stereocenters. The zero-order chi connectivity index (χ0) is 21.4. The zero-order valence-electron chi connectivity index (χ0n) is 16.4. The summed E-state index contributed by atoms with van der Waals surface area (Å²) in [6, 6.07) is 4.49. The lowest BCUT2D eigenvalue weighted by Crippen LogP contribution is -2.59. The van der Waals surface area contributed by atoms with Crippen LogP contribution in [0.5, 0.6) is 0 Å². The van der Waals surface area contributed by atoms with Gasteiger partial charge >= 0.3 is 0 Å². The Morgan fingerprint density at radius 2 is 2.13 bits per heavy atom.